The first kappa shape index (κ1) is 17.7. The highest BCUT2D eigenvalue weighted by molar-refractivity contribution is 5.89. The molecule has 0 aliphatic rings. The van der Waals surface area contributed by atoms with Crippen LogP contribution in [0, 0.1) is 0 Å². The first-order valence-electron chi connectivity index (χ1n) is 8.92. The molecule has 142 valence electrons. The third-order valence-electron chi connectivity index (χ3n) is 4.51. The number of amides is 1. The van der Waals surface area contributed by atoms with Crippen molar-refractivity contribution < 1.29 is 9.53 Å². The summed E-state index contributed by atoms with van der Waals surface area (Å²) in [6.45, 7) is 0.396. The van der Waals surface area contributed by atoms with Crippen LogP contribution in [-0.2, 0) is 11.3 Å². The Morgan fingerprint density at radius 3 is 2.86 bits per heavy atom. The SMILES string of the molecule is COc1ccnc(NC(=O)CCCn2c(=O)c3cccn3c3cccnc32)c1. The number of rotatable bonds is 6. The van der Waals surface area contributed by atoms with Gasteiger partial charge in [-0.05, 0) is 36.8 Å². The Kier molecular flexibility index (Phi) is 4.76. The third kappa shape index (κ3) is 3.32. The fourth-order valence-corrected chi connectivity index (χ4v) is 3.20. The lowest BCUT2D eigenvalue weighted by molar-refractivity contribution is -0.116. The second kappa shape index (κ2) is 7.51. The molecule has 0 aliphatic carbocycles. The zero-order valence-corrected chi connectivity index (χ0v) is 15.3. The molecule has 0 atom stereocenters. The van der Waals surface area contributed by atoms with Gasteiger partial charge in [-0.1, -0.05) is 0 Å². The molecule has 0 bridgehead atoms. The van der Waals surface area contributed by atoms with Crippen LogP contribution in [0.25, 0.3) is 16.7 Å². The number of hydrogen-bond acceptors (Lipinski definition) is 5. The molecule has 1 amide bonds. The molecule has 1 N–H and O–H groups in total. The summed E-state index contributed by atoms with van der Waals surface area (Å²) in [5.74, 6) is 0.882. The van der Waals surface area contributed by atoms with E-state index in [1.54, 1.807) is 42.3 Å². The van der Waals surface area contributed by atoms with Crippen molar-refractivity contribution in [1.29, 1.82) is 0 Å². The van der Waals surface area contributed by atoms with E-state index in [0.29, 0.717) is 35.7 Å². The molecule has 0 fully saturated rings. The molecule has 4 aromatic rings. The highest BCUT2D eigenvalue weighted by Gasteiger charge is 2.12. The number of anilines is 1. The van der Waals surface area contributed by atoms with Crippen molar-refractivity contribution in [2.75, 3.05) is 12.4 Å². The number of aromatic nitrogens is 4. The summed E-state index contributed by atoms with van der Waals surface area (Å²) >= 11 is 0. The highest BCUT2D eigenvalue weighted by Crippen LogP contribution is 2.15. The second-order valence-corrected chi connectivity index (χ2v) is 6.30. The van der Waals surface area contributed by atoms with E-state index in [1.165, 1.54) is 0 Å². The van der Waals surface area contributed by atoms with E-state index in [1.807, 2.05) is 28.8 Å². The standard InChI is InChI=1S/C20H19N5O3/c1-28-14-8-10-21-17(13-14)23-18(26)7-4-12-25-19-15(5-2-9-22-19)24-11-3-6-16(24)20(25)27/h2-3,5-6,8-11,13H,4,7,12H2,1H3,(H,21,23,26). The largest absolute Gasteiger partial charge is 0.497 e. The monoisotopic (exact) mass is 377 g/mol. The Morgan fingerprint density at radius 1 is 1.14 bits per heavy atom. The summed E-state index contributed by atoms with van der Waals surface area (Å²) in [5, 5.41) is 2.74. The maximum absolute atomic E-state index is 12.8. The lowest BCUT2D eigenvalue weighted by Crippen LogP contribution is -2.24. The van der Waals surface area contributed by atoms with E-state index in [-0.39, 0.29) is 17.9 Å². The minimum Gasteiger partial charge on any atom is -0.497 e. The molecule has 0 spiro atoms. The lowest BCUT2D eigenvalue weighted by atomic mass is 10.2. The van der Waals surface area contributed by atoms with Crippen molar-refractivity contribution in [3.8, 4) is 5.75 Å². The van der Waals surface area contributed by atoms with Crippen LogP contribution in [0.5, 0.6) is 5.75 Å². The fourth-order valence-electron chi connectivity index (χ4n) is 3.20. The van der Waals surface area contributed by atoms with Crippen molar-refractivity contribution in [2.45, 2.75) is 19.4 Å². The molecule has 4 rings (SSSR count). The molecule has 0 unspecified atom stereocenters. The molecular weight excluding hydrogens is 358 g/mol. The average molecular weight is 377 g/mol. The van der Waals surface area contributed by atoms with Gasteiger partial charge in [0.2, 0.25) is 5.91 Å². The topological polar surface area (TPSA) is 90.5 Å². The Morgan fingerprint density at radius 2 is 2.00 bits per heavy atom. The van der Waals surface area contributed by atoms with Gasteiger partial charge in [-0.3, -0.25) is 14.2 Å². The second-order valence-electron chi connectivity index (χ2n) is 6.30. The van der Waals surface area contributed by atoms with Gasteiger partial charge in [-0.2, -0.15) is 0 Å². The molecule has 0 aromatic carbocycles. The van der Waals surface area contributed by atoms with Crippen LogP contribution in [-0.4, -0.2) is 32.0 Å². The zero-order chi connectivity index (χ0) is 19.5. The smallest absolute Gasteiger partial charge is 0.276 e. The first-order valence-corrected chi connectivity index (χ1v) is 8.92. The van der Waals surface area contributed by atoms with Gasteiger partial charge in [0, 0.05) is 37.6 Å². The van der Waals surface area contributed by atoms with Crippen LogP contribution in [0.15, 0.2) is 59.8 Å². The summed E-state index contributed by atoms with van der Waals surface area (Å²) in [5.41, 5.74) is 1.93. The summed E-state index contributed by atoms with van der Waals surface area (Å²) in [7, 11) is 1.55. The maximum Gasteiger partial charge on any atom is 0.276 e. The summed E-state index contributed by atoms with van der Waals surface area (Å²) in [6.07, 6.45) is 5.83. The van der Waals surface area contributed by atoms with Gasteiger partial charge in [0.15, 0.2) is 5.65 Å². The van der Waals surface area contributed by atoms with Crippen molar-refractivity contribution in [3.63, 3.8) is 0 Å². The fraction of sp³-hybridized carbons (Fsp3) is 0.200. The van der Waals surface area contributed by atoms with Crippen LogP contribution < -0.4 is 15.6 Å². The average Bonchev–Trinajstić information content (AvgIpc) is 3.21. The molecule has 28 heavy (non-hydrogen) atoms. The number of pyridine rings is 2. The Balaban J connectivity index is 1.50. The minimum absolute atomic E-state index is 0.119. The molecule has 4 aromatic heterocycles. The van der Waals surface area contributed by atoms with Crippen LogP contribution >= 0.6 is 0 Å². The van der Waals surface area contributed by atoms with Crippen LogP contribution in [0.2, 0.25) is 0 Å². The van der Waals surface area contributed by atoms with Gasteiger partial charge in [-0.25, -0.2) is 9.97 Å². The number of ether oxygens (including phenoxy) is 1. The molecule has 4 heterocycles. The van der Waals surface area contributed by atoms with E-state index in [9.17, 15) is 9.59 Å². The third-order valence-corrected chi connectivity index (χ3v) is 4.51. The van der Waals surface area contributed by atoms with Crippen molar-refractivity contribution >= 4 is 28.4 Å². The van der Waals surface area contributed by atoms with E-state index >= 15 is 0 Å². The summed E-state index contributed by atoms with van der Waals surface area (Å²) in [4.78, 5) is 33.5. The predicted molar refractivity (Wildman–Crippen MR) is 106 cm³/mol. The van der Waals surface area contributed by atoms with Crippen LogP contribution in [0.1, 0.15) is 12.8 Å². The molecular formula is C20H19N5O3. The molecule has 8 heteroatoms. The van der Waals surface area contributed by atoms with Crippen molar-refractivity contribution in [3.05, 3.63) is 65.3 Å². The lowest BCUT2D eigenvalue weighted by Gasteiger charge is -2.11. The molecule has 0 saturated heterocycles. The molecule has 0 aliphatic heterocycles. The molecule has 0 radical (unpaired) electrons. The molecule has 0 saturated carbocycles. The van der Waals surface area contributed by atoms with Crippen LogP contribution in [0.3, 0.4) is 0 Å². The Hall–Kier alpha value is -3.68. The number of methoxy groups -OCH3 is 1. The predicted octanol–water partition coefficient (Wildman–Crippen LogP) is 2.47. The highest BCUT2D eigenvalue weighted by atomic mass is 16.5. The zero-order valence-electron chi connectivity index (χ0n) is 15.3. The van der Waals surface area contributed by atoms with Gasteiger partial charge in [0.1, 0.15) is 17.1 Å². The number of aryl methyl sites for hydroxylation is 1. The normalized spacial score (nSPS) is 11.0. The van der Waals surface area contributed by atoms with Crippen LogP contribution in [0.4, 0.5) is 5.82 Å². The van der Waals surface area contributed by atoms with Gasteiger partial charge >= 0.3 is 0 Å². The van der Waals surface area contributed by atoms with E-state index < -0.39 is 0 Å². The van der Waals surface area contributed by atoms with Gasteiger partial charge in [-0.15, -0.1) is 0 Å². The van der Waals surface area contributed by atoms with E-state index in [4.69, 9.17) is 4.74 Å². The minimum atomic E-state index is -0.171. The van der Waals surface area contributed by atoms with Crippen molar-refractivity contribution in [2.24, 2.45) is 0 Å². The summed E-state index contributed by atoms with van der Waals surface area (Å²) in [6, 6.07) is 10.7. The first-order chi connectivity index (χ1) is 13.7. The Labute approximate surface area is 160 Å². The number of fused-ring (bicyclic) bond motifs is 3. The summed E-state index contributed by atoms with van der Waals surface area (Å²) < 4.78 is 8.58. The maximum atomic E-state index is 12.8. The van der Waals surface area contributed by atoms with E-state index in [0.717, 1.165) is 5.52 Å². The van der Waals surface area contributed by atoms with Gasteiger partial charge in [0.25, 0.3) is 5.56 Å². The van der Waals surface area contributed by atoms with Gasteiger partial charge in [0.05, 0.1) is 12.6 Å². The number of hydrogen-bond donors (Lipinski definition) is 1. The Bertz CT molecular complexity index is 1210. The number of carbonyl (C=O) groups is 1. The number of carbonyl (C=O) groups excluding carboxylic acids is 1. The number of nitrogens with zero attached hydrogens (tertiary/aromatic N) is 4. The van der Waals surface area contributed by atoms with Gasteiger partial charge < -0.3 is 14.5 Å². The number of nitrogens with one attached hydrogen (secondary N) is 1. The van der Waals surface area contributed by atoms with Crippen molar-refractivity contribution in [1.82, 2.24) is 18.9 Å². The quantitative estimate of drug-likeness (QED) is 0.557. The van der Waals surface area contributed by atoms with E-state index in [2.05, 4.69) is 15.3 Å². The molecule has 8 nitrogen and oxygen atoms in total.